The third kappa shape index (κ3) is 5.70. The first-order valence-corrected chi connectivity index (χ1v) is 11.7. The molecule has 1 unspecified atom stereocenters. The number of nitrogens with one attached hydrogen (secondary N) is 2. The zero-order valence-corrected chi connectivity index (χ0v) is 17.9. The van der Waals surface area contributed by atoms with E-state index in [0.29, 0.717) is 12.2 Å². The van der Waals surface area contributed by atoms with Crippen molar-refractivity contribution in [3.63, 3.8) is 0 Å². The SMILES string of the molecule is CC(NS(=O)(=O)c1ccc(NCCC2=CCCCC2)c(C(=O)O)c1)c1ccccc1. The summed E-state index contributed by atoms with van der Waals surface area (Å²) in [6.07, 6.45) is 7.75. The third-order valence-corrected chi connectivity index (χ3v) is 6.85. The molecule has 30 heavy (non-hydrogen) atoms. The lowest BCUT2D eigenvalue weighted by molar-refractivity contribution is 0.0697. The molecule has 7 heteroatoms. The number of allylic oxidation sites excluding steroid dienone is 1. The summed E-state index contributed by atoms with van der Waals surface area (Å²) >= 11 is 0. The van der Waals surface area contributed by atoms with Crippen molar-refractivity contribution in [1.82, 2.24) is 4.72 Å². The van der Waals surface area contributed by atoms with Crippen molar-refractivity contribution in [2.45, 2.75) is 50.0 Å². The van der Waals surface area contributed by atoms with Gasteiger partial charge in [0.05, 0.1) is 10.5 Å². The van der Waals surface area contributed by atoms with E-state index in [9.17, 15) is 18.3 Å². The Morgan fingerprint density at radius 2 is 1.90 bits per heavy atom. The number of carboxylic acids is 1. The molecule has 0 spiro atoms. The van der Waals surface area contributed by atoms with Crippen LogP contribution in [0.15, 0.2) is 65.1 Å². The second-order valence-corrected chi connectivity index (χ2v) is 9.27. The van der Waals surface area contributed by atoms with E-state index in [0.717, 1.165) is 24.8 Å². The zero-order chi connectivity index (χ0) is 21.6. The first-order valence-electron chi connectivity index (χ1n) is 10.2. The van der Waals surface area contributed by atoms with E-state index in [1.54, 1.807) is 6.92 Å². The summed E-state index contributed by atoms with van der Waals surface area (Å²) in [6, 6.07) is 13.0. The van der Waals surface area contributed by atoms with Crippen LogP contribution < -0.4 is 10.0 Å². The van der Waals surface area contributed by atoms with Crippen molar-refractivity contribution in [2.24, 2.45) is 0 Å². The Kier molecular flexibility index (Phi) is 7.29. The normalized spacial score (nSPS) is 15.3. The number of benzene rings is 2. The molecule has 1 atom stereocenters. The second kappa shape index (κ2) is 9.91. The number of carboxylic acid groups (broad SMARTS) is 1. The number of hydrogen-bond donors (Lipinski definition) is 3. The van der Waals surface area contributed by atoms with Gasteiger partial charge in [-0.25, -0.2) is 17.9 Å². The van der Waals surface area contributed by atoms with Gasteiger partial charge in [0.2, 0.25) is 10.0 Å². The Morgan fingerprint density at radius 1 is 1.13 bits per heavy atom. The van der Waals surface area contributed by atoms with Crippen molar-refractivity contribution in [2.75, 3.05) is 11.9 Å². The number of carbonyl (C=O) groups is 1. The van der Waals surface area contributed by atoms with Gasteiger partial charge in [0.1, 0.15) is 0 Å². The molecule has 2 aromatic rings. The van der Waals surface area contributed by atoms with Gasteiger partial charge < -0.3 is 10.4 Å². The standard InChI is InChI=1S/C23H28N2O4S/c1-17(19-10-6-3-7-11-19)25-30(28,29)20-12-13-22(21(16-20)23(26)27)24-15-14-18-8-4-2-5-9-18/h3,6-8,10-13,16-17,24-25H,2,4-5,9,14-15H2,1H3,(H,26,27). The number of hydrogen-bond acceptors (Lipinski definition) is 4. The maximum Gasteiger partial charge on any atom is 0.337 e. The highest BCUT2D eigenvalue weighted by molar-refractivity contribution is 7.89. The molecule has 0 heterocycles. The fraction of sp³-hybridized carbons (Fsp3) is 0.348. The summed E-state index contributed by atoms with van der Waals surface area (Å²) in [4.78, 5) is 11.7. The van der Waals surface area contributed by atoms with Crippen molar-refractivity contribution in [1.29, 1.82) is 0 Å². The van der Waals surface area contributed by atoms with Gasteiger partial charge in [0.25, 0.3) is 0 Å². The number of aromatic carboxylic acids is 1. The maximum atomic E-state index is 12.8. The largest absolute Gasteiger partial charge is 0.478 e. The lowest BCUT2D eigenvalue weighted by atomic mass is 9.97. The van der Waals surface area contributed by atoms with E-state index in [1.165, 1.54) is 36.6 Å². The van der Waals surface area contributed by atoms with Crippen LogP contribution in [0.2, 0.25) is 0 Å². The maximum absolute atomic E-state index is 12.8. The fourth-order valence-corrected chi connectivity index (χ4v) is 4.88. The molecule has 0 aliphatic heterocycles. The number of anilines is 1. The molecule has 1 aliphatic rings. The third-order valence-electron chi connectivity index (χ3n) is 5.31. The molecule has 0 radical (unpaired) electrons. The molecule has 0 aromatic heterocycles. The minimum absolute atomic E-state index is 0.0529. The van der Waals surface area contributed by atoms with Gasteiger partial charge in [-0.3, -0.25) is 0 Å². The highest BCUT2D eigenvalue weighted by Crippen LogP contribution is 2.24. The topological polar surface area (TPSA) is 95.5 Å². The van der Waals surface area contributed by atoms with Crippen molar-refractivity contribution >= 4 is 21.7 Å². The van der Waals surface area contributed by atoms with Gasteiger partial charge in [-0.1, -0.05) is 42.0 Å². The second-order valence-electron chi connectivity index (χ2n) is 7.55. The first-order chi connectivity index (χ1) is 14.4. The monoisotopic (exact) mass is 428 g/mol. The Morgan fingerprint density at radius 3 is 2.57 bits per heavy atom. The summed E-state index contributed by atoms with van der Waals surface area (Å²) in [5.74, 6) is -1.16. The van der Waals surface area contributed by atoms with E-state index >= 15 is 0 Å². The molecular weight excluding hydrogens is 400 g/mol. The highest BCUT2D eigenvalue weighted by atomic mass is 32.2. The first kappa shape index (κ1) is 22.1. The van der Waals surface area contributed by atoms with E-state index < -0.39 is 22.0 Å². The quantitative estimate of drug-likeness (QED) is 0.502. The molecular formula is C23H28N2O4S. The van der Waals surface area contributed by atoms with E-state index in [-0.39, 0.29) is 10.5 Å². The van der Waals surface area contributed by atoms with E-state index in [2.05, 4.69) is 16.1 Å². The molecule has 3 rings (SSSR count). The minimum Gasteiger partial charge on any atom is -0.478 e. The molecule has 0 amide bonds. The van der Waals surface area contributed by atoms with Gasteiger partial charge in [0.15, 0.2) is 0 Å². The lowest BCUT2D eigenvalue weighted by Gasteiger charge is -2.17. The van der Waals surface area contributed by atoms with E-state index in [4.69, 9.17) is 0 Å². The van der Waals surface area contributed by atoms with Crippen LogP contribution >= 0.6 is 0 Å². The molecule has 1 aliphatic carbocycles. The summed E-state index contributed by atoms with van der Waals surface area (Å²) in [6.45, 7) is 2.36. The fourth-order valence-electron chi connectivity index (χ4n) is 3.62. The summed E-state index contributed by atoms with van der Waals surface area (Å²) < 4.78 is 28.2. The average molecular weight is 429 g/mol. The van der Waals surface area contributed by atoms with Gasteiger partial charge in [-0.2, -0.15) is 0 Å². The highest BCUT2D eigenvalue weighted by Gasteiger charge is 2.21. The van der Waals surface area contributed by atoms with Crippen LogP contribution in [0.3, 0.4) is 0 Å². The van der Waals surface area contributed by atoms with Gasteiger partial charge in [-0.05, 0) is 62.8 Å². The van der Waals surface area contributed by atoms with Crippen molar-refractivity contribution in [3.05, 3.63) is 71.3 Å². The molecule has 6 nitrogen and oxygen atoms in total. The van der Waals surface area contributed by atoms with Crippen LogP contribution in [0, 0.1) is 0 Å². The summed E-state index contributed by atoms with van der Waals surface area (Å²) in [7, 11) is -3.87. The van der Waals surface area contributed by atoms with E-state index in [1.807, 2.05) is 30.3 Å². The van der Waals surface area contributed by atoms with Crippen LogP contribution in [0.4, 0.5) is 5.69 Å². The van der Waals surface area contributed by atoms with Gasteiger partial charge in [0, 0.05) is 18.3 Å². The number of sulfonamides is 1. The van der Waals surface area contributed by atoms with Crippen LogP contribution in [0.1, 0.15) is 61.0 Å². The van der Waals surface area contributed by atoms with Crippen molar-refractivity contribution in [3.8, 4) is 0 Å². The average Bonchev–Trinajstić information content (AvgIpc) is 2.74. The predicted molar refractivity (Wildman–Crippen MR) is 118 cm³/mol. The summed E-state index contributed by atoms with van der Waals surface area (Å²) in [5.41, 5.74) is 2.59. The molecule has 0 saturated carbocycles. The Labute approximate surface area is 178 Å². The van der Waals surface area contributed by atoms with Crippen LogP contribution in [-0.2, 0) is 10.0 Å². The van der Waals surface area contributed by atoms with Gasteiger partial charge >= 0.3 is 5.97 Å². The Bertz CT molecular complexity index is 1020. The zero-order valence-electron chi connectivity index (χ0n) is 17.1. The lowest BCUT2D eigenvalue weighted by Crippen LogP contribution is -2.27. The van der Waals surface area contributed by atoms with Crippen LogP contribution in [0.25, 0.3) is 0 Å². The molecule has 3 N–H and O–H groups in total. The molecule has 160 valence electrons. The van der Waals surface area contributed by atoms with Gasteiger partial charge in [-0.15, -0.1) is 0 Å². The Balaban J connectivity index is 1.73. The predicted octanol–water partition coefficient (Wildman–Crippen LogP) is 4.73. The smallest absolute Gasteiger partial charge is 0.337 e. The molecule has 2 aromatic carbocycles. The summed E-state index contributed by atoms with van der Waals surface area (Å²) in [5, 5.41) is 12.7. The van der Waals surface area contributed by atoms with Crippen LogP contribution in [0.5, 0.6) is 0 Å². The number of rotatable bonds is 9. The minimum atomic E-state index is -3.87. The molecule has 0 saturated heterocycles. The molecule has 0 bridgehead atoms. The van der Waals surface area contributed by atoms with Crippen LogP contribution in [-0.4, -0.2) is 26.0 Å². The van der Waals surface area contributed by atoms with Crippen molar-refractivity contribution < 1.29 is 18.3 Å². The molecule has 0 fully saturated rings. The Hall–Kier alpha value is -2.64.